The van der Waals surface area contributed by atoms with Gasteiger partial charge in [0.2, 0.25) is 5.88 Å². The quantitative estimate of drug-likeness (QED) is 0.673. The molecule has 1 N–H and O–H groups in total. The monoisotopic (exact) mass is 160 g/mol. The van der Waals surface area contributed by atoms with Gasteiger partial charge in [-0.05, 0) is 0 Å². The van der Waals surface area contributed by atoms with E-state index in [4.69, 9.17) is 5.11 Å². The molecule has 10 heavy (non-hydrogen) atoms. The molecule has 0 saturated carbocycles. The number of nitrogens with zero attached hydrogens (tertiary/aromatic N) is 2. The molecule has 0 spiro atoms. The number of hydrogen-bond acceptors (Lipinski definition) is 5. The van der Waals surface area contributed by atoms with E-state index in [0.717, 1.165) is 11.7 Å². The van der Waals surface area contributed by atoms with Crippen molar-refractivity contribution in [3.05, 3.63) is 6.20 Å². The van der Waals surface area contributed by atoms with Crippen molar-refractivity contribution in [2.45, 2.75) is 0 Å². The van der Waals surface area contributed by atoms with E-state index >= 15 is 0 Å². The van der Waals surface area contributed by atoms with E-state index in [-0.39, 0.29) is 12.5 Å². The zero-order chi connectivity index (χ0) is 7.40. The molecule has 0 bridgehead atoms. The van der Waals surface area contributed by atoms with Crippen molar-refractivity contribution in [2.24, 2.45) is 0 Å². The van der Waals surface area contributed by atoms with E-state index in [2.05, 4.69) is 13.5 Å². The molecule has 1 heterocycles. The Kier molecular flexibility index (Phi) is 2.16. The van der Waals surface area contributed by atoms with Crippen LogP contribution in [0, 0.1) is 0 Å². The van der Waals surface area contributed by atoms with Gasteiger partial charge in [0.15, 0.2) is 6.61 Å². The smallest absolute Gasteiger partial charge is 0.341 e. The summed E-state index contributed by atoms with van der Waals surface area (Å²) in [4.78, 5) is 9.92. The molecule has 1 aromatic heterocycles. The van der Waals surface area contributed by atoms with Gasteiger partial charge in [0.05, 0.1) is 11.7 Å². The van der Waals surface area contributed by atoms with E-state index in [1.807, 2.05) is 0 Å². The minimum absolute atomic E-state index is 0.257. The Morgan fingerprint density at radius 3 is 3.20 bits per heavy atom. The maximum atomic E-state index is 9.92. The van der Waals surface area contributed by atoms with Gasteiger partial charge in [0.1, 0.15) is 6.20 Å². The maximum Gasteiger partial charge on any atom is 0.341 e. The Balaban J connectivity index is 2.35. The predicted molar refractivity (Wildman–Crippen MR) is 33.0 cm³/mol. The van der Waals surface area contributed by atoms with Crippen molar-refractivity contribution in [3.63, 3.8) is 0 Å². The number of ether oxygens (including phenoxy) is 1. The number of hydrogen-bond donors (Lipinski definition) is 1. The van der Waals surface area contributed by atoms with Gasteiger partial charge in [-0.25, -0.2) is 4.79 Å². The Bertz CT molecular complexity index is 210. The third-order valence-electron chi connectivity index (χ3n) is 0.685. The van der Waals surface area contributed by atoms with Gasteiger partial charge >= 0.3 is 5.97 Å². The van der Waals surface area contributed by atoms with Crippen molar-refractivity contribution < 1.29 is 14.6 Å². The first-order valence-corrected chi connectivity index (χ1v) is 3.14. The Labute approximate surface area is 60.6 Å². The molecule has 0 fully saturated rings. The van der Waals surface area contributed by atoms with Gasteiger partial charge in [-0.3, -0.25) is 0 Å². The Morgan fingerprint density at radius 1 is 1.90 bits per heavy atom. The fourth-order valence-corrected chi connectivity index (χ4v) is 0.720. The average molecular weight is 160 g/mol. The van der Waals surface area contributed by atoms with Crippen LogP contribution in [0.4, 0.5) is 0 Å². The highest BCUT2D eigenvalue weighted by Gasteiger charge is 1.99. The van der Waals surface area contributed by atoms with Crippen molar-refractivity contribution in [2.75, 3.05) is 6.61 Å². The molecule has 0 amide bonds. The molecule has 5 nitrogen and oxygen atoms in total. The lowest BCUT2D eigenvalue weighted by Gasteiger charge is -1.93. The van der Waals surface area contributed by atoms with Gasteiger partial charge in [0, 0.05) is 0 Å². The summed E-state index contributed by atoms with van der Waals surface area (Å²) in [5.41, 5.74) is 0. The maximum absolute atomic E-state index is 9.92. The first kappa shape index (κ1) is 6.94. The molecule has 0 saturated heterocycles. The number of aromatic nitrogens is 2. The first-order chi connectivity index (χ1) is 4.79. The molecular formula is C4H4N2O3S. The highest BCUT2D eigenvalue weighted by molar-refractivity contribution is 6.99. The lowest BCUT2D eigenvalue weighted by atomic mass is 10.7. The second-order valence-electron chi connectivity index (χ2n) is 1.43. The first-order valence-electron chi connectivity index (χ1n) is 2.41. The molecule has 54 valence electrons. The fourth-order valence-electron chi connectivity index (χ4n) is 0.355. The van der Waals surface area contributed by atoms with Crippen LogP contribution in [0.1, 0.15) is 0 Å². The number of carboxylic acid groups (broad SMARTS) is 1. The minimum atomic E-state index is -1.02. The van der Waals surface area contributed by atoms with Crippen molar-refractivity contribution in [3.8, 4) is 5.88 Å². The molecular weight excluding hydrogens is 156 g/mol. The van der Waals surface area contributed by atoms with Crippen LogP contribution in [0.5, 0.6) is 5.88 Å². The van der Waals surface area contributed by atoms with E-state index in [0.29, 0.717) is 0 Å². The predicted octanol–water partition coefficient (Wildman–Crippen LogP) is 0.00150. The lowest BCUT2D eigenvalue weighted by Crippen LogP contribution is -2.09. The molecule has 0 aliphatic carbocycles. The summed E-state index contributed by atoms with van der Waals surface area (Å²) in [5.74, 6) is -0.764. The van der Waals surface area contributed by atoms with E-state index in [1.54, 1.807) is 0 Å². The summed E-state index contributed by atoms with van der Waals surface area (Å²) in [6, 6.07) is 0. The molecule has 0 atom stereocenters. The number of carbonyl (C=O) groups is 1. The van der Waals surface area contributed by atoms with Crippen LogP contribution in [-0.2, 0) is 4.79 Å². The average Bonchev–Trinajstić information content (AvgIpc) is 2.34. The van der Waals surface area contributed by atoms with Gasteiger partial charge in [0.25, 0.3) is 0 Å². The van der Waals surface area contributed by atoms with Crippen LogP contribution >= 0.6 is 11.7 Å². The van der Waals surface area contributed by atoms with Crippen LogP contribution in [0.2, 0.25) is 0 Å². The van der Waals surface area contributed by atoms with Crippen LogP contribution < -0.4 is 4.74 Å². The van der Waals surface area contributed by atoms with Gasteiger partial charge < -0.3 is 9.84 Å². The van der Waals surface area contributed by atoms with Gasteiger partial charge in [-0.1, -0.05) is 0 Å². The normalized spacial score (nSPS) is 9.20. The van der Waals surface area contributed by atoms with Gasteiger partial charge in [-0.2, -0.15) is 4.37 Å². The number of aliphatic carboxylic acids is 1. The van der Waals surface area contributed by atoms with Crippen molar-refractivity contribution in [1.29, 1.82) is 0 Å². The summed E-state index contributed by atoms with van der Waals surface area (Å²) in [6.45, 7) is -0.370. The molecule has 0 aliphatic rings. The van der Waals surface area contributed by atoms with Gasteiger partial charge in [-0.15, -0.1) is 4.37 Å². The van der Waals surface area contributed by atoms with Crippen LogP contribution in [0.25, 0.3) is 0 Å². The zero-order valence-corrected chi connectivity index (χ0v) is 5.67. The molecule has 6 heteroatoms. The highest BCUT2D eigenvalue weighted by Crippen LogP contribution is 2.03. The summed E-state index contributed by atoms with van der Waals surface area (Å²) in [7, 11) is 0. The molecule has 1 rings (SSSR count). The fraction of sp³-hybridized carbons (Fsp3) is 0.250. The summed E-state index contributed by atoms with van der Waals surface area (Å²) in [6.07, 6.45) is 1.37. The van der Waals surface area contributed by atoms with E-state index < -0.39 is 5.97 Å². The molecule has 0 unspecified atom stereocenters. The zero-order valence-electron chi connectivity index (χ0n) is 4.85. The molecule has 1 aromatic rings. The Morgan fingerprint density at radius 2 is 2.70 bits per heavy atom. The molecule has 0 aliphatic heterocycles. The second-order valence-corrected chi connectivity index (χ2v) is 1.98. The van der Waals surface area contributed by atoms with Crippen molar-refractivity contribution >= 4 is 17.7 Å². The minimum Gasteiger partial charge on any atom is -0.479 e. The lowest BCUT2D eigenvalue weighted by molar-refractivity contribution is -0.139. The number of rotatable bonds is 3. The molecule has 0 aromatic carbocycles. The Hall–Kier alpha value is -1.17. The highest BCUT2D eigenvalue weighted by atomic mass is 32.1. The third kappa shape index (κ3) is 1.98. The summed E-state index contributed by atoms with van der Waals surface area (Å²) < 4.78 is 11.9. The topological polar surface area (TPSA) is 72.3 Å². The summed E-state index contributed by atoms with van der Waals surface area (Å²) >= 11 is 0.973. The second kappa shape index (κ2) is 3.11. The standard InChI is InChI=1S/C4H4N2O3S/c7-4(8)2-9-3-1-5-10-6-3/h1H,2H2,(H,7,8). The molecule has 0 radical (unpaired) electrons. The van der Waals surface area contributed by atoms with Crippen LogP contribution in [-0.4, -0.2) is 26.4 Å². The summed E-state index contributed by atoms with van der Waals surface area (Å²) in [5, 5.41) is 8.14. The van der Waals surface area contributed by atoms with Crippen molar-refractivity contribution in [1.82, 2.24) is 8.75 Å². The van der Waals surface area contributed by atoms with Crippen LogP contribution in [0.3, 0.4) is 0 Å². The third-order valence-corrected chi connectivity index (χ3v) is 1.15. The largest absolute Gasteiger partial charge is 0.479 e. The number of carboxylic acids is 1. The SMILES string of the molecule is O=C(O)COc1cnsn1. The van der Waals surface area contributed by atoms with E-state index in [1.165, 1.54) is 6.20 Å². The van der Waals surface area contributed by atoms with Crippen LogP contribution in [0.15, 0.2) is 6.20 Å². The van der Waals surface area contributed by atoms with E-state index in [9.17, 15) is 4.79 Å².